The summed E-state index contributed by atoms with van der Waals surface area (Å²) in [7, 11) is 1.46. The van der Waals surface area contributed by atoms with Crippen molar-refractivity contribution in [1.29, 1.82) is 0 Å². The first-order valence-corrected chi connectivity index (χ1v) is 3.28. The second kappa shape index (κ2) is 3.56. The minimum atomic E-state index is -0.627. The van der Waals surface area contributed by atoms with Crippen molar-refractivity contribution >= 4 is 5.69 Å². The molecule has 0 fully saturated rings. The molecule has 0 unspecified atom stereocenters. The SMILES string of the molecule is COc1ccccc1N[N+](=O)[O-]. The number of nitrogens with zero attached hydrogens (tertiary/aromatic N) is 1. The number of ether oxygens (including phenoxy) is 1. The van der Waals surface area contributed by atoms with Crippen LogP contribution in [-0.2, 0) is 0 Å². The van der Waals surface area contributed by atoms with Gasteiger partial charge in [0.05, 0.1) is 7.11 Å². The quantitative estimate of drug-likeness (QED) is 0.545. The van der Waals surface area contributed by atoms with Crippen LogP contribution in [-0.4, -0.2) is 12.1 Å². The zero-order valence-electron chi connectivity index (χ0n) is 6.48. The largest absolute Gasteiger partial charge is 0.494 e. The Balaban J connectivity index is 2.89. The number of anilines is 1. The Labute approximate surface area is 69.1 Å². The molecule has 12 heavy (non-hydrogen) atoms. The van der Waals surface area contributed by atoms with E-state index in [-0.39, 0.29) is 0 Å². The molecule has 0 aliphatic rings. The van der Waals surface area contributed by atoms with Gasteiger partial charge in [0.25, 0.3) is 0 Å². The molecule has 0 heterocycles. The van der Waals surface area contributed by atoms with E-state index in [0.717, 1.165) is 0 Å². The van der Waals surface area contributed by atoms with Crippen molar-refractivity contribution in [2.75, 3.05) is 12.5 Å². The zero-order valence-corrected chi connectivity index (χ0v) is 6.48. The highest BCUT2D eigenvalue weighted by Crippen LogP contribution is 2.22. The maximum atomic E-state index is 10.1. The molecule has 0 radical (unpaired) electrons. The summed E-state index contributed by atoms with van der Waals surface area (Å²) in [5, 5.41) is 9.45. The molecule has 5 nitrogen and oxygen atoms in total. The molecule has 0 saturated heterocycles. The highest BCUT2D eigenvalue weighted by molar-refractivity contribution is 5.54. The molecule has 0 atom stereocenters. The molecule has 1 aromatic carbocycles. The van der Waals surface area contributed by atoms with Gasteiger partial charge in [0, 0.05) is 0 Å². The Morgan fingerprint density at radius 3 is 2.75 bits per heavy atom. The number of nitro groups is 1. The van der Waals surface area contributed by atoms with Crippen molar-refractivity contribution in [3.8, 4) is 5.75 Å². The van der Waals surface area contributed by atoms with Gasteiger partial charge in [0.1, 0.15) is 11.4 Å². The lowest BCUT2D eigenvalue weighted by atomic mass is 10.3. The van der Waals surface area contributed by atoms with Crippen molar-refractivity contribution in [1.82, 2.24) is 0 Å². The predicted octanol–water partition coefficient (Wildman–Crippen LogP) is 1.30. The molecular formula is C7H8N2O3. The number of hydrogen-bond donors (Lipinski definition) is 1. The lowest BCUT2D eigenvalue weighted by Crippen LogP contribution is -2.08. The van der Waals surface area contributed by atoms with Gasteiger partial charge in [-0.2, -0.15) is 0 Å². The van der Waals surface area contributed by atoms with Gasteiger partial charge in [-0.3, -0.25) is 0 Å². The van der Waals surface area contributed by atoms with Crippen molar-refractivity contribution < 1.29 is 9.77 Å². The van der Waals surface area contributed by atoms with Crippen molar-refractivity contribution in [3.05, 3.63) is 34.4 Å². The van der Waals surface area contributed by atoms with Crippen LogP contribution in [0.1, 0.15) is 0 Å². The molecule has 0 bridgehead atoms. The van der Waals surface area contributed by atoms with Gasteiger partial charge in [-0.25, -0.2) is 10.1 Å². The Hall–Kier alpha value is -1.78. The van der Waals surface area contributed by atoms with Gasteiger partial charge in [-0.05, 0) is 12.1 Å². The number of benzene rings is 1. The van der Waals surface area contributed by atoms with Crippen LogP contribution in [0.3, 0.4) is 0 Å². The number of para-hydroxylation sites is 2. The first-order valence-electron chi connectivity index (χ1n) is 3.28. The summed E-state index contributed by atoms with van der Waals surface area (Å²) in [6.07, 6.45) is 0. The van der Waals surface area contributed by atoms with Gasteiger partial charge in [-0.1, -0.05) is 12.1 Å². The third-order valence-electron chi connectivity index (χ3n) is 1.32. The van der Waals surface area contributed by atoms with Crippen LogP contribution in [0.25, 0.3) is 0 Å². The number of hydrogen-bond acceptors (Lipinski definition) is 3. The summed E-state index contributed by atoms with van der Waals surface area (Å²) in [5.74, 6) is 0.453. The average molecular weight is 168 g/mol. The van der Waals surface area contributed by atoms with Crippen LogP contribution in [0.2, 0.25) is 0 Å². The van der Waals surface area contributed by atoms with Crippen molar-refractivity contribution in [2.24, 2.45) is 0 Å². The number of rotatable bonds is 3. The molecule has 1 N–H and O–H groups in total. The average Bonchev–Trinajstić information content (AvgIpc) is 2.04. The highest BCUT2D eigenvalue weighted by Gasteiger charge is 2.04. The summed E-state index contributed by atoms with van der Waals surface area (Å²) in [4.78, 5) is 10.1. The number of hydrazine groups is 1. The van der Waals surface area contributed by atoms with E-state index in [4.69, 9.17) is 4.74 Å². The third kappa shape index (κ3) is 1.85. The minimum absolute atomic E-state index is 0.352. The van der Waals surface area contributed by atoms with Gasteiger partial charge < -0.3 is 4.74 Å². The molecule has 1 rings (SSSR count). The van der Waals surface area contributed by atoms with Crippen LogP contribution in [0.4, 0.5) is 5.69 Å². The van der Waals surface area contributed by atoms with Gasteiger partial charge in [-0.15, -0.1) is 5.43 Å². The second-order valence-electron chi connectivity index (χ2n) is 2.07. The lowest BCUT2D eigenvalue weighted by molar-refractivity contribution is -0.445. The van der Waals surface area contributed by atoms with Crippen LogP contribution in [0, 0.1) is 10.1 Å². The number of methoxy groups -OCH3 is 1. The van der Waals surface area contributed by atoms with E-state index in [1.54, 1.807) is 24.3 Å². The normalized spacial score (nSPS) is 9.08. The van der Waals surface area contributed by atoms with E-state index < -0.39 is 5.03 Å². The topological polar surface area (TPSA) is 64.4 Å². The Bertz CT molecular complexity index is 288. The summed E-state index contributed by atoms with van der Waals surface area (Å²) in [6, 6.07) is 6.64. The minimum Gasteiger partial charge on any atom is -0.494 e. The standard InChI is InChI=1S/C7H8N2O3/c1-12-7-5-3-2-4-6(7)8-9(10)11/h2-5,8H,1H3. The zero-order chi connectivity index (χ0) is 8.97. The van der Waals surface area contributed by atoms with E-state index in [9.17, 15) is 10.1 Å². The van der Waals surface area contributed by atoms with E-state index in [0.29, 0.717) is 11.4 Å². The third-order valence-corrected chi connectivity index (χ3v) is 1.32. The van der Waals surface area contributed by atoms with E-state index >= 15 is 0 Å². The number of nitrogens with one attached hydrogen (secondary N) is 1. The second-order valence-corrected chi connectivity index (χ2v) is 2.07. The fraction of sp³-hybridized carbons (Fsp3) is 0.143. The van der Waals surface area contributed by atoms with Crippen LogP contribution in [0.15, 0.2) is 24.3 Å². The van der Waals surface area contributed by atoms with Crippen LogP contribution in [0.5, 0.6) is 5.75 Å². The van der Waals surface area contributed by atoms with Crippen molar-refractivity contribution in [2.45, 2.75) is 0 Å². The first kappa shape index (κ1) is 8.32. The fourth-order valence-electron chi connectivity index (χ4n) is 0.835. The van der Waals surface area contributed by atoms with Crippen LogP contribution >= 0.6 is 0 Å². The maximum Gasteiger partial charge on any atom is 0.162 e. The molecule has 0 aromatic heterocycles. The smallest absolute Gasteiger partial charge is 0.162 e. The van der Waals surface area contributed by atoms with Crippen molar-refractivity contribution in [3.63, 3.8) is 0 Å². The molecule has 1 aromatic rings. The van der Waals surface area contributed by atoms with Crippen LogP contribution < -0.4 is 10.2 Å². The predicted molar refractivity (Wildman–Crippen MR) is 43.6 cm³/mol. The highest BCUT2D eigenvalue weighted by atomic mass is 16.7. The van der Waals surface area contributed by atoms with E-state index in [2.05, 4.69) is 0 Å². The molecule has 5 heteroatoms. The monoisotopic (exact) mass is 168 g/mol. The summed E-state index contributed by atoms with van der Waals surface area (Å²) < 4.78 is 4.88. The molecule has 0 aliphatic carbocycles. The lowest BCUT2D eigenvalue weighted by Gasteiger charge is -2.03. The van der Waals surface area contributed by atoms with Gasteiger partial charge in [0.2, 0.25) is 0 Å². The molecule has 64 valence electrons. The summed E-state index contributed by atoms with van der Waals surface area (Å²) in [5.41, 5.74) is 2.37. The molecular weight excluding hydrogens is 160 g/mol. The van der Waals surface area contributed by atoms with E-state index in [1.807, 2.05) is 5.43 Å². The fourth-order valence-corrected chi connectivity index (χ4v) is 0.835. The summed E-state index contributed by atoms with van der Waals surface area (Å²) in [6.45, 7) is 0. The molecule has 0 spiro atoms. The van der Waals surface area contributed by atoms with Gasteiger partial charge in [0.15, 0.2) is 5.03 Å². The Morgan fingerprint density at radius 2 is 2.17 bits per heavy atom. The molecule has 0 amide bonds. The summed E-state index contributed by atoms with van der Waals surface area (Å²) >= 11 is 0. The maximum absolute atomic E-state index is 10.1. The Kier molecular flexibility index (Phi) is 2.47. The Morgan fingerprint density at radius 1 is 1.50 bits per heavy atom. The first-order chi connectivity index (χ1) is 5.74. The molecule has 0 aliphatic heterocycles. The van der Waals surface area contributed by atoms with Gasteiger partial charge >= 0.3 is 0 Å². The molecule has 0 saturated carbocycles. The van der Waals surface area contributed by atoms with E-state index in [1.165, 1.54) is 7.11 Å².